The minimum atomic E-state index is 0.131. The highest BCUT2D eigenvalue weighted by Gasteiger charge is 2.29. The number of hydrogen-bond acceptors (Lipinski definition) is 3. The van der Waals surface area contributed by atoms with Gasteiger partial charge >= 0.3 is 0 Å². The van der Waals surface area contributed by atoms with E-state index in [1.54, 1.807) is 0 Å². The van der Waals surface area contributed by atoms with Gasteiger partial charge in [-0.3, -0.25) is 9.48 Å². The van der Waals surface area contributed by atoms with Crippen LogP contribution in [0.2, 0.25) is 0 Å². The van der Waals surface area contributed by atoms with Gasteiger partial charge in [-0.25, -0.2) is 0 Å². The molecule has 2 atom stereocenters. The zero-order chi connectivity index (χ0) is 16.9. The summed E-state index contributed by atoms with van der Waals surface area (Å²) in [6.07, 6.45) is 10.1. The van der Waals surface area contributed by atoms with E-state index in [2.05, 4.69) is 29.2 Å². The largest absolute Gasteiger partial charge is 0.334 e. The molecule has 24 heavy (non-hydrogen) atoms. The summed E-state index contributed by atoms with van der Waals surface area (Å²) >= 11 is 0. The summed E-state index contributed by atoms with van der Waals surface area (Å²) in [7, 11) is 0. The van der Waals surface area contributed by atoms with Crippen molar-refractivity contribution < 1.29 is 4.79 Å². The fourth-order valence-corrected chi connectivity index (χ4v) is 3.96. The average Bonchev–Trinajstić information content (AvgIpc) is 3.10. The summed E-state index contributed by atoms with van der Waals surface area (Å²) in [4.78, 5) is 15.1. The van der Waals surface area contributed by atoms with Crippen molar-refractivity contribution in [3.63, 3.8) is 0 Å². The molecule has 5 nitrogen and oxygen atoms in total. The van der Waals surface area contributed by atoms with Gasteiger partial charge < -0.3 is 10.2 Å². The van der Waals surface area contributed by atoms with Crippen molar-refractivity contribution in [3.05, 3.63) is 18.0 Å². The summed E-state index contributed by atoms with van der Waals surface area (Å²) in [5, 5.41) is 8.04. The zero-order valence-corrected chi connectivity index (χ0v) is 15.2. The number of nitrogens with zero attached hydrogens (tertiary/aromatic N) is 3. The van der Waals surface area contributed by atoms with Gasteiger partial charge in [-0.05, 0) is 63.5 Å². The molecule has 2 saturated heterocycles. The lowest BCUT2D eigenvalue weighted by Crippen LogP contribution is -2.44. The van der Waals surface area contributed by atoms with E-state index >= 15 is 0 Å². The quantitative estimate of drug-likeness (QED) is 0.900. The molecule has 3 rings (SSSR count). The van der Waals surface area contributed by atoms with Crippen molar-refractivity contribution in [1.29, 1.82) is 0 Å². The normalized spacial score (nSPS) is 25.2. The molecular weight excluding hydrogens is 300 g/mol. The molecular formula is C19H32N4O. The topological polar surface area (TPSA) is 50.2 Å². The molecule has 0 aromatic carbocycles. The summed E-state index contributed by atoms with van der Waals surface area (Å²) < 4.78 is 1.99. The Morgan fingerprint density at radius 2 is 2.21 bits per heavy atom. The van der Waals surface area contributed by atoms with E-state index in [1.165, 1.54) is 19.3 Å². The number of carbonyl (C=O) groups is 1. The SMILES string of the molecule is CC(C)CCC1CCCCN1C(=O)c1ccn(C2CCCNC2)n1. The monoisotopic (exact) mass is 332 g/mol. The van der Waals surface area contributed by atoms with Crippen LogP contribution in [0.15, 0.2) is 12.3 Å². The lowest BCUT2D eigenvalue weighted by Gasteiger charge is -2.36. The van der Waals surface area contributed by atoms with E-state index in [-0.39, 0.29) is 5.91 Å². The average molecular weight is 332 g/mol. The van der Waals surface area contributed by atoms with Gasteiger partial charge in [0, 0.05) is 25.3 Å². The number of aromatic nitrogens is 2. The van der Waals surface area contributed by atoms with Crippen molar-refractivity contribution in [2.24, 2.45) is 5.92 Å². The van der Waals surface area contributed by atoms with Crippen LogP contribution >= 0.6 is 0 Å². The van der Waals surface area contributed by atoms with E-state index in [1.807, 2.05) is 16.9 Å². The molecule has 0 spiro atoms. The molecule has 134 valence electrons. The standard InChI is InChI=1S/C19H32N4O/c1-15(2)8-9-16-6-3-4-12-22(16)19(24)18-10-13-23(21-18)17-7-5-11-20-14-17/h10,13,15-17,20H,3-9,11-12,14H2,1-2H3. The van der Waals surface area contributed by atoms with Crippen LogP contribution in [-0.4, -0.2) is 46.3 Å². The van der Waals surface area contributed by atoms with Gasteiger partial charge in [0.15, 0.2) is 0 Å². The second-order valence-corrected chi connectivity index (χ2v) is 7.80. The van der Waals surface area contributed by atoms with Gasteiger partial charge in [-0.2, -0.15) is 5.10 Å². The van der Waals surface area contributed by atoms with Crippen molar-refractivity contribution in [1.82, 2.24) is 20.0 Å². The number of carbonyl (C=O) groups excluding carboxylic acids is 1. The van der Waals surface area contributed by atoms with Crippen molar-refractivity contribution >= 4 is 5.91 Å². The molecule has 2 unspecified atom stereocenters. The number of piperidine rings is 2. The molecule has 2 aliphatic heterocycles. The summed E-state index contributed by atoms with van der Waals surface area (Å²) in [6, 6.07) is 2.69. The van der Waals surface area contributed by atoms with Gasteiger partial charge in [0.2, 0.25) is 0 Å². The summed E-state index contributed by atoms with van der Waals surface area (Å²) in [6.45, 7) is 7.45. The summed E-state index contributed by atoms with van der Waals surface area (Å²) in [5.74, 6) is 0.827. The predicted molar refractivity (Wildman–Crippen MR) is 96.1 cm³/mol. The Morgan fingerprint density at radius 1 is 1.33 bits per heavy atom. The third kappa shape index (κ3) is 4.18. The molecule has 2 fully saturated rings. The maximum absolute atomic E-state index is 13.0. The molecule has 1 amide bonds. The third-order valence-electron chi connectivity index (χ3n) is 5.44. The maximum atomic E-state index is 13.0. The Hall–Kier alpha value is -1.36. The van der Waals surface area contributed by atoms with Gasteiger partial charge in [0.25, 0.3) is 5.91 Å². The first-order chi connectivity index (χ1) is 11.6. The number of likely N-dealkylation sites (tertiary alicyclic amines) is 1. The van der Waals surface area contributed by atoms with Crippen molar-refractivity contribution in [2.75, 3.05) is 19.6 Å². The number of rotatable bonds is 5. The van der Waals surface area contributed by atoms with E-state index in [0.717, 1.165) is 45.3 Å². The molecule has 5 heteroatoms. The number of hydrogen-bond donors (Lipinski definition) is 1. The van der Waals surface area contributed by atoms with E-state index in [4.69, 9.17) is 0 Å². The molecule has 0 bridgehead atoms. The molecule has 0 aliphatic carbocycles. The number of nitrogens with one attached hydrogen (secondary N) is 1. The Kier molecular flexibility index (Phi) is 5.93. The second kappa shape index (κ2) is 8.15. The summed E-state index contributed by atoms with van der Waals surface area (Å²) in [5.41, 5.74) is 0.622. The van der Waals surface area contributed by atoms with Crippen LogP contribution in [0.1, 0.15) is 75.3 Å². The second-order valence-electron chi connectivity index (χ2n) is 7.80. The van der Waals surface area contributed by atoms with Crippen LogP contribution in [0, 0.1) is 5.92 Å². The van der Waals surface area contributed by atoms with Crippen molar-refractivity contribution in [3.8, 4) is 0 Å². The minimum absolute atomic E-state index is 0.131. The lowest BCUT2D eigenvalue weighted by atomic mass is 9.94. The molecule has 1 aromatic heterocycles. The molecule has 1 aromatic rings. The highest BCUT2D eigenvalue weighted by molar-refractivity contribution is 5.92. The van der Waals surface area contributed by atoms with Crippen LogP contribution in [-0.2, 0) is 0 Å². The molecule has 0 saturated carbocycles. The van der Waals surface area contributed by atoms with E-state index in [0.29, 0.717) is 23.7 Å². The zero-order valence-electron chi connectivity index (χ0n) is 15.2. The Balaban J connectivity index is 1.66. The van der Waals surface area contributed by atoms with Gasteiger partial charge in [0.1, 0.15) is 5.69 Å². The van der Waals surface area contributed by atoms with Crippen molar-refractivity contribution in [2.45, 2.75) is 70.9 Å². The van der Waals surface area contributed by atoms with Crippen LogP contribution < -0.4 is 5.32 Å². The number of amides is 1. The first kappa shape index (κ1) is 17.5. The minimum Gasteiger partial charge on any atom is -0.334 e. The van der Waals surface area contributed by atoms with E-state index < -0.39 is 0 Å². The van der Waals surface area contributed by atoms with Crippen LogP contribution in [0.25, 0.3) is 0 Å². The lowest BCUT2D eigenvalue weighted by molar-refractivity contribution is 0.0586. The molecule has 0 radical (unpaired) electrons. The Labute approximate surface area is 145 Å². The van der Waals surface area contributed by atoms with E-state index in [9.17, 15) is 4.79 Å². The molecule has 2 aliphatic rings. The Morgan fingerprint density at radius 3 is 2.96 bits per heavy atom. The smallest absolute Gasteiger partial charge is 0.274 e. The molecule has 1 N–H and O–H groups in total. The first-order valence-corrected chi connectivity index (χ1v) is 9.72. The van der Waals surface area contributed by atoms with Crippen LogP contribution in [0.4, 0.5) is 0 Å². The van der Waals surface area contributed by atoms with Gasteiger partial charge in [0.05, 0.1) is 6.04 Å². The highest BCUT2D eigenvalue weighted by atomic mass is 16.2. The Bertz CT molecular complexity index is 533. The fourth-order valence-electron chi connectivity index (χ4n) is 3.96. The van der Waals surface area contributed by atoms with Crippen LogP contribution in [0.5, 0.6) is 0 Å². The predicted octanol–water partition coefficient (Wildman–Crippen LogP) is 3.24. The first-order valence-electron chi connectivity index (χ1n) is 9.72. The highest BCUT2D eigenvalue weighted by Crippen LogP contribution is 2.24. The van der Waals surface area contributed by atoms with Crippen LogP contribution in [0.3, 0.4) is 0 Å². The molecule has 3 heterocycles. The van der Waals surface area contributed by atoms with Gasteiger partial charge in [-0.1, -0.05) is 13.8 Å². The van der Waals surface area contributed by atoms with Gasteiger partial charge in [-0.15, -0.1) is 0 Å². The third-order valence-corrected chi connectivity index (χ3v) is 5.44. The maximum Gasteiger partial charge on any atom is 0.274 e. The fraction of sp³-hybridized carbons (Fsp3) is 0.789.